The maximum atomic E-state index is 12.4. The number of amides is 1. The Morgan fingerprint density at radius 3 is 2.60 bits per heavy atom. The summed E-state index contributed by atoms with van der Waals surface area (Å²) in [6.07, 6.45) is 0.655. The van der Waals surface area contributed by atoms with Crippen molar-refractivity contribution in [3.05, 3.63) is 34.9 Å². The van der Waals surface area contributed by atoms with Crippen LogP contribution in [0.1, 0.15) is 33.3 Å². The molecule has 1 amide bonds. The van der Waals surface area contributed by atoms with E-state index in [0.717, 1.165) is 5.56 Å². The number of halogens is 1. The standard InChI is InChI=1S/C16H24ClNO2/c1-5-18(11-16(3,4)20)15(19)12(2)9-13-7-6-8-14(17)10-13/h6-8,10,12,20H,5,9,11H2,1-4H3. The molecule has 0 saturated carbocycles. The second kappa shape index (κ2) is 7.09. The summed E-state index contributed by atoms with van der Waals surface area (Å²) < 4.78 is 0. The molecule has 0 aliphatic heterocycles. The molecule has 1 aromatic carbocycles. The number of hydrogen-bond acceptors (Lipinski definition) is 2. The van der Waals surface area contributed by atoms with E-state index in [0.29, 0.717) is 24.5 Å². The molecule has 1 N–H and O–H groups in total. The van der Waals surface area contributed by atoms with E-state index in [1.807, 2.05) is 38.1 Å². The molecule has 0 spiro atoms. The number of carbonyl (C=O) groups is 1. The monoisotopic (exact) mass is 297 g/mol. The number of nitrogens with zero attached hydrogens (tertiary/aromatic N) is 1. The first-order valence-corrected chi connectivity index (χ1v) is 7.36. The molecule has 0 aliphatic rings. The van der Waals surface area contributed by atoms with Crippen LogP contribution >= 0.6 is 11.6 Å². The van der Waals surface area contributed by atoms with Gasteiger partial charge < -0.3 is 10.0 Å². The Labute approximate surface area is 126 Å². The van der Waals surface area contributed by atoms with E-state index in [1.54, 1.807) is 18.7 Å². The first-order chi connectivity index (χ1) is 9.23. The van der Waals surface area contributed by atoms with Gasteiger partial charge in [-0.2, -0.15) is 0 Å². The van der Waals surface area contributed by atoms with Gasteiger partial charge in [0, 0.05) is 24.0 Å². The fraction of sp³-hybridized carbons (Fsp3) is 0.562. The third-order valence-corrected chi connectivity index (χ3v) is 3.36. The summed E-state index contributed by atoms with van der Waals surface area (Å²) in [4.78, 5) is 14.1. The van der Waals surface area contributed by atoms with Gasteiger partial charge in [-0.3, -0.25) is 4.79 Å². The molecule has 0 aromatic heterocycles. The zero-order valence-electron chi connectivity index (χ0n) is 12.7. The molecule has 0 aliphatic carbocycles. The molecular weight excluding hydrogens is 274 g/mol. The van der Waals surface area contributed by atoms with Crippen LogP contribution in [0.5, 0.6) is 0 Å². The normalized spacial score (nSPS) is 13.1. The molecule has 0 heterocycles. The summed E-state index contributed by atoms with van der Waals surface area (Å²) in [5.74, 6) is -0.0645. The second-order valence-electron chi connectivity index (χ2n) is 5.90. The molecular formula is C16H24ClNO2. The Morgan fingerprint density at radius 1 is 1.45 bits per heavy atom. The van der Waals surface area contributed by atoms with Gasteiger partial charge in [0.25, 0.3) is 0 Å². The van der Waals surface area contributed by atoms with Crippen LogP contribution in [0.3, 0.4) is 0 Å². The first-order valence-electron chi connectivity index (χ1n) is 6.98. The van der Waals surface area contributed by atoms with Crippen LogP contribution in [0.15, 0.2) is 24.3 Å². The Bertz CT molecular complexity index is 454. The van der Waals surface area contributed by atoms with E-state index in [9.17, 15) is 9.90 Å². The molecule has 1 atom stereocenters. The predicted molar refractivity (Wildman–Crippen MR) is 82.9 cm³/mol. The number of benzene rings is 1. The Morgan fingerprint density at radius 2 is 2.10 bits per heavy atom. The highest BCUT2D eigenvalue weighted by molar-refractivity contribution is 6.30. The van der Waals surface area contributed by atoms with Crippen molar-refractivity contribution in [2.75, 3.05) is 13.1 Å². The van der Waals surface area contributed by atoms with Crippen molar-refractivity contribution in [1.29, 1.82) is 0 Å². The van der Waals surface area contributed by atoms with Crippen molar-refractivity contribution in [2.24, 2.45) is 5.92 Å². The number of carbonyl (C=O) groups excluding carboxylic acids is 1. The Hall–Kier alpha value is -1.06. The lowest BCUT2D eigenvalue weighted by Crippen LogP contribution is -2.44. The van der Waals surface area contributed by atoms with E-state index in [-0.39, 0.29) is 11.8 Å². The van der Waals surface area contributed by atoms with Crippen LogP contribution in [0.4, 0.5) is 0 Å². The number of aliphatic hydroxyl groups is 1. The summed E-state index contributed by atoms with van der Waals surface area (Å²) in [5.41, 5.74) is 0.180. The molecule has 0 bridgehead atoms. The van der Waals surface area contributed by atoms with E-state index in [2.05, 4.69) is 0 Å². The summed E-state index contributed by atoms with van der Waals surface area (Å²) in [6, 6.07) is 7.58. The van der Waals surface area contributed by atoms with Gasteiger partial charge in [0.05, 0.1) is 5.60 Å². The zero-order valence-corrected chi connectivity index (χ0v) is 13.4. The van der Waals surface area contributed by atoms with Crippen LogP contribution < -0.4 is 0 Å². The number of hydrogen-bond donors (Lipinski definition) is 1. The maximum Gasteiger partial charge on any atom is 0.225 e. The molecule has 20 heavy (non-hydrogen) atoms. The van der Waals surface area contributed by atoms with Gasteiger partial charge >= 0.3 is 0 Å². The minimum absolute atomic E-state index is 0.0644. The van der Waals surface area contributed by atoms with Crippen LogP contribution in [-0.4, -0.2) is 34.6 Å². The summed E-state index contributed by atoms with van der Waals surface area (Å²) in [5, 5.41) is 10.6. The van der Waals surface area contributed by atoms with Crippen LogP contribution in [-0.2, 0) is 11.2 Å². The van der Waals surface area contributed by atoms with Crippen molar-refractivity contribution >= 4 is 17.5 Å². The first kappa shape index (κ1) is 17.0. The molecule has 3 nitrogen and oxygen atoms in total. The predicted octanol–water partition coefficient (Wildman–Crippen LogP) is 3.14. The van der Waals surface area contributed by atoms with Gasteiger partial charge in [0.2, 0.25) is 5.91 Å². The summed E-state index contributed by atoms with van der Waals surface area (Å²) in [7, 11) is 0. The van der Waals surface area contributed by atoms with Crippen LogP contribution in [0.25, 0.3) is 0 Å². The molecule has 0 radical (unpaired) electrons. The van der Waals surface area contributed by atoms with Gasteiger partial charge in [-0.05, 0) is 44.9 Å². The average molecular weight is 298 g/mol. The molecule has 1 aromatic rings. The maximum absolute atomic E-state index is 12.4. The van der Waals surface area contributed by atoms with Crippen LogP contribution in [0.2, 0.25) is 5.02 Å². The average Bonchev–Trinajstić information content (AvgIpc) is 2.34. The number of likely N-dealkylation sites (N-methyl/N-ethyl adjacent to an activating group) is 1. The zero-order chi connectivity index (χ0) is 15.3. The third-order valence-electron chi connectivity index (χ3n) is 3.12. The van der Waals surface area contributed by atoms with E-state index < -0.39 is 5.60 Å². The largest absolute Gasteiger partial charge is 0.389 e. The van der Waals surface area contributed by atoms with Gasteiger partial charge in [-0.1, -0.05) is 30.7 Å². The van der Waals surface area contributed by atoms with Crippen molar-refractivity contribution in [3.8, 4) is 0 Å². The molecule has 0 saturated heterocycles. The Balaban J connectivity index is 2.70. The lowest BCUT2D eigenvalue weighted by atomic mass is 9.99. The topological polar surface area (TPSA) is 40.5 Å². The third kappa shape index (κ3) is 5.51. The lowest BCUT2D eigenvalue weighted by Gasteiger charge is -2.30. The van der Waals surface area contributed by atoms with E-state index >= 15 is 0 Å². The van der Waals surface area contributed by atoms with Crippen molar-refractivity contribution in [1.82, 2.24) is 4.90 Å². The molecule has 4 heteroatoms. The Kier molecular flexibility index (Phi) is 6.03. The molecule has 0 fully saturated rings. The van der Waals surface area contributed by atoms with Gasteiger partial charge in [-0.25, -0.2) is 0 Å². The second-order valence-corrected chi connectivity index (χ2v) is 6.34. The highest BCUT2D eigenvalue weighted by Crippen LogP contribution is 2.17. The fourth-order valence-corrected chi connectivity index (χ4v) is 2.44. The minimum atomic E-state index is -0.874. The van der Waals surface area contributed by atoms with Crippen LogP contribution in [0, 0.1) is 5.92 Å². The van der Waals surface area contributed by atoms with E-state index in [1.165, 1.54) is 0 Å². The quantitative estimate of drug-likeness (QED) is 0.876. The van der Waals surface area contributed by atoms with Crippen molar-refractivity contribution in [3.63, 3.8) is 0 Å². The van der Waals surface area contributed by atoms with Gasteiger partial charge in [0.1, 0.15) is 0 Å². The molecule has 1 unspecified atom stereocenters. The van der Waals surface area contributed by atoms with Crippen molar-refractivity contribution in [2.45, 2.75) is 39.7 Å². The molecule has 1 rings (SSSR count). The highest BCUT2D eigenvalue weighted by atomic mass is 35.5. The minimum Gasteiger partial charge on any atom is -0.389 e. The fourth-order valence-electron chi connectivity index (χ4n) is 2.23. The summed E-state index contributed by atoms with van der Waals surface area (Å²) in [6.45, 7) is 8.21. The number of rotatable bonds is 6. The lowest BCUT2D eigenvalue weighted by molar-refractivity contribution is -0.137. The van der Waals surface area contributed by atoms with Gasteiger partial charge in [-0.15, -0.1) is 0 Å². The van der Waals surface area contributed by atoms with Gasteiger partial charge in [0.15, 0.2) is 0 Å². The summed E-state index contributed by atoms with van der Waals surface area (Å²) >= 11 is 5.96. The molecule has 112 valence electrons. The smallest absolute Gasteiger partial charge is 0.225 e. The van der Waals surface area contributed by atoms with E-state index in [4.69, 9.17) is 11.6 Å². The SMILES string of the molecule is CCN(CC(C)(C)O)C(=O)C(C)Cc1cccc(Cl)c1. The highest BCUT2D eigenvalue weighted by Gasteiger charge is 2.24. The van der Waals surface area contributed by atoms with Crippen molar-refractivity contribution < 1.29 is 9.90 Å².